The minimum absolute atomic E-state index is 0.325. The van der Waals surface area contributed by atoms with Gasteiger partial charge < -0.3 is 0 Å². The predicted octanol–water partition coefficient (Wildman–Crippen LogP) is 5.04. The summed E-state index contributed by atoms with van der Waals surface area (Å²) in [4.78, 5) is 0. The van der Waals surface area contributed by atoms with E-state index in [9.17, 15) is 4.39 Å². The Balaban J connectivity index is 1.72. The number of thioether (sulfide) groups is 1. The molecule has 4 nitrogen and oxygen atoms in total. The van der Waals surface area contributed by atoms with Crippen LogP contribution in [-0.2, 0) is 0 Å². The molecule has 8 heteroatoms. The molecule has 0 bridgehead atoms. The van der Waals surface area contributed by atoms with E-state index in [-0.39, 0.29) is 5.82 Å². The first-order valence-electron chi connectivity index (χ1n) is 6.92. The molecule has 3 aromatic rings. The fraction of sp³-hybridized carbons (Fsp3) is 0. The fourth-order valence-electron chi connectivity index (χ4n) is 2.32. The lowest BCUT2D eigenvalue weighted by molar-refractivity contribution is 0.628. The van der Waals surface area contributed by atoms with E-state index in [4.69, 9.17) is 23.2 Å². The summed E-state index contributed by atoms with van der Waals surface area (Å²) in [6, 6.07) is 11.6. The molecule has 1 N–H and O–H groups in total. The van der Waals surface area contributed by atoms with Crippen LogP contribution < -0.4 is 5.43 Å². The molecule has 0 fully saturated rings. The number of nitrogens with one attached hydrogen (secondary N) is 1. The van der Waals surface area contributed by atoms with Crippen molar-refractivity contribution in [1.29, 1.82) is 0 Å². The van der Waals surface area contributed by atoms with Gasteiger partial charge in [0.2, 0.25) is 5.16 Å². The molecule has 1 aromatic heterocycles. The highest BCUT2D eigenvalue weighted by atomic mass is 35.5. The van der Waals surface area contributed by atoms with E-state index in [1.807, 2.05) is 11.5 Å². The minimum Gasteiger partial charge on any atom is -0.289 e. The van der Waals surface area contributed by atoms with Crippen molar-refractivity contribution in [3.63, 3.8) is 0 Å². The average Bonchev–Trinajstić information content (AvgIpc) is 3.00. The van der Waals surface area contributed by atoms with Gasteiger partial charge in [-0.25, -0.2) is 9.07 Å². The minimum atomic E-state index is -0.325. The predicted molar refractivity (Wildman–Crippen MR) is 95.1 cm³/mol. The van der Waals surface area contributed by atoms with Crippen LogP contribution in [0.1, 0.15) is 5.56 Å². The maximum atomic E-state index is 13.5. The van der Waals surface area contributed by atoms with Gasteiger partial charge >= 0.3 is 0 Å². The van der Waals surface area contributed by atoms with Gasteiger partial charge in [-0.15, -0.1) is 10.2 Å². The fourth-order valence-corrected chi connectivity index (χ4v) is 3.35. The zero-order valence-corrected chi connectivity index (χ0v) is 14.3. The lowest BCUT2D eigenvalue weighted by atomic mass is 10.2. The Morgan fingerprint density at radius 1 is 1.00 bits per heavy atom. The molecule has 2 aromatic carbocycles. The first kappa shape index (κ1) is 15.5. The lowest BCUT2D eigenvalue weighted by Gasteiger charge is -2.19. The van der Waals surface area contributed by atoms with Gasteiger partial charge in [-0.05, 0) is 24.3 Å². The van der Waals surface area contributed by atoms with Crippen molar-refractivity contribution in [3.05, 3.63) is 69.3 Å². The summed E-state index contributed by atoms with van der Waals surface area (Å²) in [5.41, 5.74) is 5.57. The van der Waals surface area contributed by atoms with Crippen molar-refractivity contribution in [1.82, 2.24) is 14.9 Å². The summed E-state index contributed by atoms with van der Waals surface area (Å²) in [7, 11) is 0. The summed E-state index contributed by atoms with van der Waals surface area (Å²) >= 11 is 13.5. The van der Waals surface area contributed by atoms with Crippen LogP contribution in [0.2, 0.25) is 10.0 Å². The Hall–Kier alpha value is -2.02. The Bertz CT molecular complexity index is 970. The van der Waals surface area contributed by atoms with E-state index in [1.165, 1.54) is 23.9 Å². The molecule has 0 saturated carbocycles. The van der Waals surface area contributed by atoms with E-state index in [1.54, 1.807) is 28.9 Å². The van der Waals surface area contributed by atoms with Gasteiger partial charge in [0.05, 0.1) is 15.7 Å². The molecule has 2 heterocycles. The van der Waals surface area contributed by atoms with Gasteiger partial charge in [-0.2, -0.15) is 0 Å². The number of aromatic nitrogens is 3. The lowest BCUT2D eigenvalue weighted by Crippen LogP contribution is -2.18. The van der Waals surface area contributed by atoms with Gasteiger partial charge in [0, 0.05) is 16.5 Å². The van der Waals surface area contributed by atoms with Crippen LogP contribution in [-0.4, -0.2) is 14.9 Å². The van der Waals surface area contributed by atoms with Crippen molar-refractivity contribution >= 4 is 40.7 Å². The standard InChI is InChI=1S/C16H9Cl2FN4S/c17-12-5-4-9(7-13(12)18)14-8-24-16-21-20-15(23(16)22-14)10-2-1-3-11(19)6-10/h1-8,22H. The number of hydrogen-bond acceptors (Lipinski definition) is 4. The van der Waals surface area contributed by atoms with Gasteiger partial charge in [0.15, 0.2) is 5.82 Å². The van der Waals surface area contributed by atoms with Crippen LogP contribution in [0.3, 0.4) is 0 Å². The van der Waals surface area contributed by atoms with Crippen molar-refractivity contribution in [2.45, 2.75) is 5.16 Å². The number of fused-ring (bicyclic) bond motifs is 1. The topological polar surface area (TPSA) is 42.7 Å². The van der Waals surface area contributed by atoms with Crippen LogP contribution in [0.5, 0.6) is 0 Å². The maximum Gasteiger partial charge on any atom is 0.214 e. The zero-order chi connectivity index (χ0) is 16.7. The van der Waals surface area contributed by atoms with E-state index in [0.29, 0.717) is 26.6 Å². The molecule has 1 aliphatic heterocycles. The number of hydrogen-bond donors (Lipinski definition) is 1. The summed E-state index contributed by atoms with van der Waals surface area (Å²) in [6.45, 7) is 0. The van der Waals surface area contributed by atoms with Crippen LogP contribution in [0.25, 0.3) is 17.1 Å². The normalized spacial score (nSPS) is 13.2. The number of halogens is 3. The molecule has 4 rings (SSSR count). The van der Waals surface area contributed by atoms with Gasteiger partial charge in [-0.3, -0.25) is 5.43 Å². The molecule has 24 heavy (non-hydrogen) atoms. The Kier molecular flexibility index (Phi) is 3.96. The SMILES string of the molecule is Fc1cccc(-c2nnc3n2NC(c2ccc(Cl)c(Cl)c2)=CS3)c1. The molecular weight excluding hydrogens is 370 g/mol. The summed E-state index contributed by atoms with van der Waals surface area (Å²) in [5.74, 6) is 0.205. The second kappa shape index (κ2) is 6.12. The first-order valence-corrected chi connectivity index (χ1v) is 8.56. The Morgan fingerprint density at radius 3 is 2.67 bits per heavy atom. The quantitative estimate of drug-likeness (QED) is 0.678. The molecule has 0 aliphatic carbocycles. The van der Waals surface area contributed by atoms with E-state index >= 15 is 0 Å². The van der Waals surface area contributed by atoms with Crippen molar-refractivity contribution in [2.24, 2.45) is 0 Å². The summed E-state index contributed by atoms with van der Waals surface area (Å²) in [5, 5.41) is 11.8. The second-order valence-electron chi connectivity index (χ2n) is 5.04. The highest BCUT2D eigenvalue weighted by Gasteiger charge is 2.20. The van der Waals surface area contributed by atoms with E-state index in [0.717, 1.165) is 11.3 Å². The molecule has 0 saturated heterocycles. The molecule has 0 unspecified atom stereocenters. The molecular formula is C16H9Cl2FN4S. The van der Waals surface area contributed by atoms with Crippen molar-refractivity contribution in [2.75, 3.05) is 5.43 Å². The molecule has 0 amide bonds. The average molecular weight is 379 g/mol. The zero-order valence-electron chi connectivity index (χ0n) is 12.0. The smallest absolute Gasteiger partial charge is 0.214 e. The second-order valence-corrected chi connectivity index (χ2v) is 6.69. The third-order valence-electron chi connectivity index (χ3n) is 3.46. The van der Waals surface area contributed by atoms with Crippen LogP contribution in [0.15, 0.2) is 53.0 Å². The highest BCUT2D eigenvalue weighted by Crippen LogP contribution is 2.33. The van der Waals surface area contributed by atoms with Crippen LogP contribution in [0.4, 0.5) is 4.39 Å². The monoisotopic (exact) mass is 378 g/mol. The number of benzene rings is 2. The van der Waals surface area contributed by atoms with Gasteiger partial charge in [0.1, 0.15) is 5.82 Å². The Morgan fingerprint density at radius 2 is 1.88 bits per heavy atom. The van der Waals surface area contributed by atoms with E-state index < -0.39 is 0 Å². The Labute approximate surface area is 151 Å². The first-order chi connectivity index (χ1) is 11.6. The molecule has 1 aliphatic rings. The highest BCUT2D eigenvalue weighted by molar-refractivity contribution is 8.02. The summed E-state index contributed by atoms with van der Waals surface area (Å²) in [6.07, 6.45) is 0. The molecule has 0 spiro atoms. The summed E-state index contributed by atoms with van der Waals surface area (Å²) < 4.78 is 15.2. The third kappa shape index (κ3) is 2.77. The van der Waals surface area contributed by atoms with Crippen molar-refractivity contribution < 1.29 is 4.39 Å². The van der Waals surface area contributed by atoms with Crippen LogP contribution >= 0.6 is 35.0 Å². The third-order valence-corrected chi connectivity index (χ3v) is 5.03. The van der Waals surface area contributed by atoms with Gasteiger partial charge in [0.25, 0.3) is 0 Å². The van der Waals surface area contributed by atoms with Gasteiger partial charge in [-0.1, -0.05) is 53.2 Å². The van der Waals surface area contributed by atoms with E-state index in [2.05, 4.69) is 15.6 Å². The molecule has 120 valence electrons. The van der Waals surface area contributed by atoms with Crippen LogP contribution in [0, 0.1) is 5.82 Å². The molecule has 0 radical (unpaired) electrons. The maximum absolute atomic E-state index is 13.5. The molecule has 0 atom stereocenters. The number of rotatable bonds is 2. The van der Waals surface area contributed by atoms with Crippen molar-refractivity contribution in [3.8, 4) is 11.4 Å². The largest absolute Gasteiger partial charge is 0.289 e. The number of nitrogens with zero attached hydrogens (tertiary/aromatic N) is 3.